The van der Waals surface area contributed by atoms with Crippen LogP contribution in [0.3, 0.4) is 0 Å². The molecule has 1 heterocycles. The number of hydrogen-bond acceptors (Lipinski definition) is 7. The molecule has 2 saturated carbocycles. The molecule has 1 spiro atoms. The number of aliphatic hydroxyl groups is 3. The summed E-state index contributed by atoms with van der Waals surface area (Å²) in [7, 11) is 0. The highest BCUT2D eigenvalue weighted by molar-refractivity contribution is 6.34. The quantitative estimate of drug-likeness (QED) is 0.214. The maximum atomic E-state index is 15.0. The SMILES string of the molecule is CC(C)=CC[C@]12C[C@@H](C(C)(C)O)OC1=C(C(=O)c1ccccc1)C(=O)[C@@]1(C[C@H]3[C@@H](CC[C@@]3(C)O)[C@](C)(O)C1)C2=O. The molecule has 7 atom stereocenters. The average molecular weight is 551 g/mol. The van der Waals surface area contributed by atoms with Crippen LogP contribution < -0.4 is 0 Å². The van der Waals surface area contributed by atoms with Crippen LogP contribution in [0.15, 0.2) is 53.3 Å². The van der Waals surface area contributed by atoms with Gasteiger partial charge in [0, 0.05) is 12.0 Å². The molecule has 40 heavy (non-hydrogen) atoms. The van der Waals surface area contributed by atoms with Gasteiger partial charge >= 0.3 is 0 Å². The zero-order valence-electron chi connectivity index (χ0n) is 24.4. The van der Waals surface area contributed by atoms with Crippen molar-refractivity contribution in [2.75, 3.05) is 0 Å². The minimum absolute atomic E-state index is 0.0338. The highest BCUT2D eigenvalue weighted by atomic mass is 16.5. The molecule has 216 valence electrons. The van der Waals surface area contributed by atoms with Crippen molar-refractivity contribution < 1.29 is 34.4 Å². The molecule has 4 aliphatic rings. The summed E-state index contributed by atoms with van der Waals surface area (Å²) in [6, 6.07) is 8.45. The van der Waals surface area contributed by atoms with Crippen LogP contribution in [0.1, 0.15) is 90.4 Å². The third kappa shape index (κ3) is 4.24. The van der Waals surface area contributed by atoms with Crippen molar-refractivity contribution in [3.05, 3.63) is 58.9 Å². The van der Waals surface area contributed by atoms with Crippen molar-refractivity contribution in [3.8, 4) is 0 Å². The highest BCUT2D eigenvalue weighted by Gasteiger charge is 2.71. The minimum Gasteiger partial charge on any atom is -0.490 e. The molecular formula is C33H42O7. The maximum Gasteiger partial charge on any atom is 0.200 e. The van der Waals surface area contributed by atoms with E-state index in [2.05, 4.69) is 0 Å². The number of rotatable bonds is 5. The second-order valence-corrected chi connectivity index (χ2v) is 14.0. The summed E-state index contributed by atoms with van der Waals surface area (Å²) in [4.78, 5) is 44.0. The molecule has 1 aromatic rings. The Morgan fingerprint density at radius 2 is 1.70 bits per heavy atom. The van der Waals surface area contributed by atoms with E-state index in [1.165, 1.54) is 0 Å². The van der Waals surface area contributed by atoms with E-state index in [1.54, 1.807) is 58.0 Å². The summed E-state index contributed by atoms with van der Waals surface area (Å²) < 4.78 is 6.30. The Hall–Kier alpha value is -2.61. The normalized spacial score (nSPS) is 39.2. The summed E-state index contributed by atoms with van der Waals surface area (Å²) >= 11 is 0. The minimum atomic E-state index is -1.71. The highest BCUT2D eigenvalue weighted by Crippen LogP contribution is 2.65. The standard InChI is InChI=1S/C33H42O7/c1-19(2)12-15-32-17-23(29(3,4)37)40-27(32)24(25(34)20-10-8-7-9-11-20)26(35)33(28(32)36)16-22-21(31(6,39)18-33)13-14-30(22,5)38/h7-12,21-23,37-39H,13-18H2,1-6H3/t21-,22+,23+,30-,31-,32+,33+/m1/s1. The number of hydrogen-bond donors (Lipinski definition) is 3. The van der Waals surface area contributed by atoms with Gasteiger partial charge in [-0.3, -0.25) is 14.4 Å². The van der Waals surface area contributed by atoms with Gasteiger partial charge in [0.2, 0.25) is 0 Å². The number of carbonyl (C=O) groups is 3. The lowest BCUT2D eigenvalue weighted by Gasteiger charge is -2.54. The molecule has 5 rings (SSSR count). The Morgan fingerprint density at radius 1 is 1.05 bits per heavy atom. The van der Waals surface area contributed by atoms with Crippen LogP contribution in [-0.2, 0) is 14.3 Å². The third-order valence-corrected chi connectivity index (χ3v) is 10.2. The van der Waals surface area contributed by atoms with Gasteiger partial charge in [0.05, 0.1) is 27.6 Å². The topological polar surface area (TPSA) is 121 Å². The van der Waals surface area contributed by atoms with E-state index in [1.807, 2.05) is 19.9 Å². The van der Waals surface area contributed by atoms with Gasteiger partial charge in [0.25, 0.3) is 0 Å². The molecule has 3 aliphatic carbocycles. The van der Waals surface area contributed by atoms with E-state index >= 15 is 4.79 Å². The third-order valence-electron chi connectivity index (χ3n) is 10.2. The first-order chi connectivity index (χ1) is 18.5. The van der Waals surface area contributed by atoms with Crippen LogP contribution in [0, 0.1) is 22.7 Å². The Morgan fingerprint density at radius 3 is 2.30 bits per heavy atom. The molecule has 0 unspecified atom stereocenters. The maximum absolute atomic E-state index is 15.0. The lowest BCUT2D eigenvalue weighted by molar-refractivity contribution is -0.171. The lowest BCUT2D eigenvalue weighted by atomic mass is 9.48. The second kappa shape index (κ2) is 9.20. The van der Waals surface area contributed by atoms with Crippen LogP contribution in [0.4, 0.5) is 0 Å². The molecule has 1 aliphatic heterocycles. The zero-order chi connectivity index (χ0) is 29.5. The Kier molecular flexibility index (Phi) is 6.65. The van der Waals surface area contributed by atoms with Crippen LogP contribution in [-0.4, -0.2) is 55.6 Å². The van der Waals surface area contributed by atoms with Gasteiger partial charge < -0.3 is 20.1 Å². The molecule has 7 nitrogen and oxygen atoms in total. The summed E-state index contributed by atoms with van der Waals surface area (Å²) in [5.74, 6) is -2.30. The number of carbonyl (C=O) groups excluding carboxylic acids is 3. The van der Waals surface area contributed by atoms with Gasteiger partial charge in [-0.05, 0) is 85.5 Å². The predicted octanol–water partition coefficient (Wildman–Crippen LogP) is 4.49. The first-order valence-corrected chi connectivity index (χ1v) is 14.4. The zero-order valence-corrected chi connectivity index (χ0v) is 24.4. The summed E-state index contributed by atoms with van der Waals surface area (Å²) in [5.41, 5.74) is -5.92. The van der Waals surface area contributed by atoms with Gasteiger partial charge in [-0.1, -0.05) is 42.0 Å². The molecule has 3 fully saturated rings. The Bertz CT molecular complexity index is 1310. The van der Waals surface area contributed by atoms with Crippen molar-refractivity contribution >= 4 is 17.3 Å². The van der Waals surface area contributed by atoms with Gasteiger partial charge in [-0.2, -0.15) is 0 Å². The van der Waals surface area contributed by atoms with Crippen LogP contribution >= 0.6 is 0 Å². The summed E-state index contributed by atoms with van der Waals surface area (Å²) in [6.45, 7) is 10.4. The van der Waals surface area contributed by atoms with E-state index in [0.717, 1.165) is 5.57 Å². The Balaban J connectivity index is 1.79. The second-order valence-electron chi connectivity index (χ2n) is 14.0. The Labute approximate surface area is 236 Å². The average Bonchev–Trinajstić information content (AvgIpc) is 3.41. The van der Waals surface area contributed by atoms with Gasteiger partial charge in [0.15, 0.2) is 17.3 Å². The van der Waals surface area contributed by atoms with Crippen LogP contribution in [0.2, 0.25) is 0 Å². The van der Waals surface area contributed by atoms with Gasteiger partial charge in [-0.25, -0.2) is 0 Å². The van der Waals surface area contributed by atoms with Crippen LogP contribution in [0.25, 0.3) is 0 Å². The first-order valence-electron chi connectivity index (χ1n) is 14.4. The first kappa shape index (κ1) is 28.9. The predicted molar refractivity (Wildman–Crippen MR) is 149 cm³/mol. The summed E-state index contributed by atoms with van der Waals surface area (Å²) in [5, 5.41) is 34.2. The van der Waals surface area contributed by atoms with Crippen molar-refractivity contribution in [1.29, 1.82) is 0 Å². The fourth-order valence-electron chi connectivity index (χ4n) is 7.99. The molecule has 0 aromatic heterocycles. The number of allylic oxidation sites excluding steroid dienone is 4. The molecule has 7 heteroatoms. The number of fused-ring (bicyclic) bond motifs is 2. The van der Waals surface area contributed by atoms with Gasteiger partial charge in [0.1, 0.15) is 17.4 Å². The van der Waals surface area contributed by atoms with Crippen molar-refractivity contribution in [2.24, 2.45) is 22.7 Å². The van der Waals surface area contributed by atoms with E-state index in [0.29, 0.717) is 18.4 Å². The monoisotopic (exact) mass is 550 g/mol. The van der Waals surface area contributed by atoms with E-state index in [4.69, 9.17) is 4.74 Å². The van der Waals surface area contributed by atoms with Crippen molar-refractivity contribution in [1.82, 2.24) is 0 Å². The molecular weight excluding hydrogens is 508 g/mol. The molecule has 3 N–H and O–H groups in total. The molecule has 1 aromatic carbocycles. The van der Waals surface area contributed by atoms with E-state index < -0.39 is 51.2 Å². The van der Waals surface area contributed by atoms with E-state index in [9.17, 15) is 24.9 Å². The molecule has 1 saturated heterocycles. The number of benzene rings is 1. The number of ether oxygens (including phenoxy) is 1. The fourth-order valence-corrected chi connectivity index (χ4v) is 7.99. The summed E-state index contributed by atoms with van der Waals surface area (Å²) in [6.07, 6.45) is 2.36. The number of ketones is 3. The van der Waals surface area contributed by atoms with E-state index in [-0.39, 0.29) is 48.7 Å². The van der Waals surface area contributed by atoms with Crippen molar-refractivity contribution in [2.45, 2.75) is 103 Å². The number of Topliss-reactive ketones (excluding diaryl/α,β-unsaturated/α-hetero) is 3. The smallest absolute Gasteiger partial charge is 0.200 e. The lowest BCUT2D eigenvalue weighted by Crippen LogP contribution is -2.63. The van der Waals surface area contributed by atoms with Crippen molar-refractivity contribution in [3.63, 3.8) is 0 Å². The fraction of sp³-hybridized carbons (Fsp3) is 0.606. The van der Waals surface area contributed by atoms with Gasteiger partial charge in [-0.15, -0.1) is 0 Å². The molecule has 0 bridgehead atoms. The molecule has 0 radical (unpaired) electrons. The largest absolute Gasteiger partial charge is 0.490 e. The van der Waals surface area contributed by atoms with Crippen LogP contribution in [0.5, 0.6) is 0 Å². The molecule has 0 amide bonds.